The van der Waals surface area contributed by atoms with Crippen molar-refractivity contribution in [2.75, 3.05) is 13.2 Å². The van der Waals surface area contributed by atoms with Crippen LogP contribution < -0.4 is 4.89 Å². The van der Waals surface area contributed by atoms with Gasteiger partial charge in [-0.05, 0) is 11.7 Å². The normalized spacial score (nSPS) is 17.6. The first-order valence-electron chi connectivity index (χ1n) is 3.39. The van der Waals surface area contributed by atoms with Gasteiger partial charge in [-0.3, -0.25) is 0 Å². The molecule has 72 valence electrons. The molecule has 0 bridgehead atoms. The van der Waals surface area contributed by atoms with Crippen LogP contribution in [-0.4, -0.2) is 40.9 Å². The Balaban J connectivity index is 3.94. The van der Waals surface area contributed by atoms with E-state index in [1.54, 1.807) is 6.92 Å². The summed E-state index contributed by atoms with van der Waals surface area (Å²) < 4.78 is 7.67. The Labute approximate surface area is 71.1 Å². The third-order valence-electron chi connectivity index (χ3n) is 0.983. The molecular weight excluding hydrogens is 185 g/mol. The van der Waals surface area contributed by atoms with E-state index in [4.69, 9.17) is 15.3 Å². The lowest BCUT2D eigenvalue weighted by atomic mass is 10.3. The lowest BCUT2D eigenvalue weighted by molar-refractivity contribution is -0.176. The molecule has 0 heterocycles. The number of aliphatic hydroxyl groups is 3. The maximum absolute atomic E-state index is 10.7. The molecule has 3 atom stereocenters. The van der Waals surface area contributed by atoms with Crippen LogP contribution in [-0.2, 0) is 4.52 Å². The van der Waals surface area contributed by atoms with Crippen molar-refractivity contribution in [1.82, 2.24) is 0 Å². The molecule has 0 saturated carbocycles. The van der Waals surface area contributed by atoms with Gasteiger partial charge in [0.25, 0.3) is 0 Å². The van der Waals surface area contributed by atoms with Crippen molar-refractivity contribution in [3.8, 4) is 0 Å². The Kier molecular flexibility index (Phi) is 6.37. The Hall–Kier alpha value is -0.100. The van der Waals surface area contributed by atoms with Crippen molar-refractivity contribution in [2.45, 2.75) is 19.3 Å². The molecule has 0 fully saturated rings. The topological polar surface area (TPSA) is 105 Å². The number of hydrogen-bond acceptors (Lipinski definition) is 6. The maximum atomic E-state index is 10.7. The van der Waals surface area contributed by atoms with Gasteiger partial charge in [0, 0.05) is 0 Å². The molecule has 0 aromatic carbocycles. The predicted octanol–water partition coefficient (Wildman–Crippen LogP) is -1.45. The molecule has 0 aliphatic heterocycles. The highest BCUT2D eigenvalue weighted by atomic mass is 31.1. The quantitative estimate of drug-likeness (QED) is 0.467. The van der Waals surface area contributed by atoms with E-state index in [0.717, 1.165) is 0 Å². The number of aliphatic hydroxyl groups excluding tert-OH is 3. The highest BCUT2D eigenvalue weighted by molar-refractivity contribution is 7.33. The van der Waals surface area contributed by atoms with E-state index in [1.165, 1.54) is 0 Å². The minimum absolute atomic E-state index is 0.209. The van der Waals surface area contributed by atoms with E-state index in [1.807, 2.05) is 0 Å². The molecule has 0 amide bonds. The van der Waals surface area contributed by atoms with Crippen molar-refractivity contribution in [3.05, 3.63) is 0 Å². The monoisotopic (exact) mass is 197 g/mol. The number of nitrogens with zero attached hydrogens (tertiary/aromatic N) is 1. The van der Waals surface area contributed by atoms with Gasteiger partial charge in [0.1, 0.15) is 6.10 Å². The molecular formula is C5H12NO5P. The average Bonchev–Trinajstić information content (AvgIpc) is 2.03. The summed E-state index contributed by atoms with van der Waals surface area (Å²) in [7, 11) is -2.30. The van der Waals surface area contributed by atoms with Gasteiger partial charge in [-0.25, -0.2) is 0 Å². The second-order valence-corrected chi connectivity index (χ2v) is 2.90. The van der Waals surface area contributed by atoms with Gasteiger partial charge >= 0.3 is 8.17 Å². The average molecular weight is 197 g/mol. The fraction of sp³-hybridized carbons (Fsp3) is 1.00. The summed E-state index contributed by atoms with van der Waals surface area (Å²) in [6.45, 7) is 1.19. The van der Waals surface area contributed by atoms with Gasteiger partial charge < -0.3 is 20.2 Å². The van der Waals surface area contributed by atoms with Crippen LogP contribution in [0.15, 0.2) is 4.74 Å². The van der Waals surface area contributed by atoms with Crippen molar-refractivity contribution < 1.29 is 24.7 Å². The van der Waals surface area contributed by atoms with E-state index < -0.39 is 27.1 Å². The second-order valence-electron chi connectivity index (χ2n) is 1.93. The minimum atomic E-state index is -2.30. The first kappa shape index (κ1) is 11.9. The highest BCUT2D eigenvalue weighted by Crippen LogP contribution is 2.17. The number of hydrogen-bond donors (Lipinski definition) is 3. The molecule has 12 heavy (non-hydrogen) atoms. The van der Waals surface area contributed by atoms with E-state index in [-0.39, 0.29) is 6.61 Å². The SMILES string of the molecule is CCO/[P+]([O-])=N/C(O)C(O)CO. The molecule has 0 radical (unpaired) electrons. The van der Waals surface area contributed by atoms with Crippen molar-refractivity contribution in [3.63, 3.8) is 0 Å². The Morgan fingerprint density at radius 3 is 2.58 bits per heavy atom. The van der Waals surface area contributed by atoms with Crippen LogP contribution in [0.1, 0.15) is 6.92 Å². The Morgan fingerprint density at radius 1 is 1.58 bits per heavy atom. The molecule has 0 aromatic rings. The summed E-state index contributed by atoms with van der Waals surface area (Å²) in [5, 5.41) is 26.0. The van der Waals surface area contributed by atoms with Crippen LogP contribution in [0.25, 0.3) is 0 Å². The van der Waals surface area contributed by atoms with E-state index >= 15 is 0 Å². The van der Waals surface area contributed by atoms with Crippen LogP contribution in [0, 0.1) is 0 Å². The zero-order valence-corrected chi connectivity index (χ0v) is 7.52. The fourth-order valence-electron chi connectivity index (χ4n) is 0.412. The zero-order chi connectivity index (χ0) is 9.56. The molecule has 7 heteroatoms. The van der Waals surface area contributed by atoms with Gasteiger partial charge in [0.2, 0.25) is 6.23 Å². The summed E-state index contributed by atoms with van der Waals surface area (Å²) in [5.74, 6) is 0. The summed E-state index contributed by atoms with van der Waals surface area (Å²) in [4.78, 5) is 10.7. The third kappa shape index (κ3) is 4.71. The Bertz CT molecular complexity index is 153. The van der Waals surface area contributed by atoms with Crippen LogP contribution in [0.5, 0.6) is 0 Å². The molecule has 0 rings (SSSR count). The molecule has 0 saturated heterocycles. The molecule has 0 aromatic heterocycles. The van der Waals surface area contributed by atoms with Gasteiger partial charge in [0.05, 0.1) is 13.2 Å². The zero-order valence-electron chi connectivity index (χ0n) is 6.62. The second kappa shape index (κ2) is 6.42. The minimum Gasteiger partial charge on any atom is -0.583 e. The van der Waals surface area contributed by atoms with E-state index in [0.29, 0.717) is 0 Å². The smallest absolute Gasteiger partial charge is 0.344 e. The molecule has 0 aliphatic carbocycles. The Morgan fingerprint density at radius 2 is 2.17 bits per heavy atom. The lowest BCUT2D eigenvalue weighted by Gasteiger charge is -2.07. The molecule has 3 N–H and O–H groups in total. The summed E-state index contributed by atoms with van der Waals surface area (Å²) in [6, 6.07) is 0. The van der Waals surface area contributed by atoms with Crippen LogP contribution >= 0.6 is 8.17 Å². The van der Waals surface area contributed by atoms with Gasteiger partial charge in [-0.1, -0.05) is 0 Å². The molecule has 0 spiro atoms. The molecule has 3 unspecified atom stereocenters. The predicted molar refractivity (Wildman–Crippen MR) is 40.1 cm³/mol. The lowest BCUT2D eigenvalue weighted by Crippen LogP contribution is -2.27. The first-order chi connectivity index (χ1) is 5.61. The van der Waals surface area contributed by atoms with Crippen LogP contribution in [0.3, 0.4) is 0 Å². The standard InChI is InChI=1S/C5H12NO5P/c1-2-11-12(10)6-5(9)4(8)3-7/h4-5,7-9H,2-3H2,1H3. The van der Waals surface area contributed by atoms with Crippen molar-refractivity contribution >= 4 is 8.17 Å². The van der Waals surface area contributed by atoms with Gasteiger partial charge in [-0.15, -0.1) is 0 Å². The van der Waals surface area contributed by atoms with Crippen molar-refractivity contribution in [2.24, 2.45) is 4.74 Å². The number of rotatable bonds is 5. The van der Waals surface area contributed by atoms with Gasteiger partial charge in [-0.2, -0.15) is 4.52 Å². The van der Waals surface area contributed by atoms with Crippen molar-refractivity contribution in [1.29, 1.82) is 0 Å². The van der Waals surface area contributed by atoms with Gasteiger partial charge in [0.15, 0.2) is 0 Å². The van der Waals surface area contributed by atoms with Crippen LogP contribution in [0.4, 0.5) is 0 Å². The molecule has 6 nitrogen and oxygen atoms in total. The largest absolute Gasteiger partial charge is 0.583 e. The maximum Gasteiger partial charge on any atom is 0.344 e. The molecule has 0 aliphatic rings. The first-order valence-corrected chi connectivity index (χ1v) is 4.52. The fourth-order valence-corrected chi connectivity index (χ4v) is 1.05. The summed E-state index contributed by atoms with van der Waals surface area (Å²) >= 11 is 0. The highest BCUT2D eigenvalue weighted by Gasteiger charge is 2.17. The van der Waals surface area contributed by atoms with E-state index in [9.17, 15) is 4.89 Å². The van der Waals surface area contributed by atoms with E-state index in [2.05, 4.69) is 9.27 Å². The summed E-state index contributed by atoms with van der Waals surface area (Å²) in [6.07, 6.45) is -2.98. The summed E-state index contributed by atoms with van der Waals surface area (Å²) in [5.41, 5.74) is 0. The van der Waals surface area contributed by atoms with Crippen LogP contribution in [0.2, 0.25) is 0 Å². The third-order valence-corrected chi connectivity index (χ3v) is 1.89.